The third kappa shape index (κ3) is 6.60. The third-order valence-corrected chi connectivity index (χ3v) is 5.58. The second-order valence-corrected chi connectivity index (χ2v) is 8.92. The van der Waals surface area contributed by atoms with Gasteiger partial charge in [0, 0.05) is 19.3 Å². The molecule has 0 fully saturated rings. The molecule has 34 heavy (non-hydrogen) atoms. The lowest BCUT2D eigenvalue weighted by Crippen LogP contribution is -2.47. The number of allylic oxidation sites excluding steroid dienone is 3. The van der Waals surface area contributed by atoms with Crippen LogP contribution in [-0.4, -0.2) is 52.6 Å². The minimum atomic E-state index is -1.49. The highest BCUT2D eigenvalue weighted by Gasteiger charge is 2.32. The summed E-state index contributed by atoms with van der Waals surface area (Å²) in [5, 5.41) is 23.9. The van der Waals surface area contributed by atoms with Gasteiger partial charge in [0.25, 0.3) is 11.8 Å². The summed E-state index contributed by atoms with van der Waals surface area (Å²) in [5.41, 5.74) is 0.511. The van der Waals surface area contributed by atoms with Crippen molar-refractivity contribution < 1.29 is 19.1 Å². The van der Waals surface area contributed by atoms with E-state index in [1.807, 2.05) is 0 Å². The van der Waals surface area contributed by atoms with Crippen LogP contribution in [0, 0.1) is 5.82 Å². The number of nitrogens with one attached hydrogen (secondary N) is 2. The van der Waals surface area contributed by atoms with Crippen molar-refractivity contribution in [1.29, 1.82) is 0 Å². The van der Waals surface area contributed by atoms with E-state index < -0.39 is 29.4 Å². The zero-order valence-corrected chi connectivity index (χ0v) is 19.8. The predicted molar refractivity (Wildman–Crippen MR) is 130 cm³/mol. The summed E-state index contributed by atoms with van der Waals surface area (Å²) in [5.74, 6) is -1.60. The van der Waals surface area contributed by atoms with E-state index >= 15 is 0 Å². The molecule has 0 bridgehead atoms. The van der Waals surface area contributed by atoms with Gasteiger partial charge in [0.05, 0.1) is 17.5 Å². The van der Waals surface area contributed by atoms with Crippen LogP contribution in [0.2, 0.25) is 0 Å². The molecule has 0 radical (unpaired) electrons. The Bertz CT molecular complexity index is 1040. The lowest BCUT2D eigenvalue weighted by molar-refractivity contribution is -0.148. The maximum atomic E-state index is 14.7. The molecule has 1 unspecified atom stereocenters. The second kappa shape index (κ2) is 11.2. The van der Waals surface area contributed by atoms with Crippen LogP contribution in [0.25, 0.3) is 0 Å². The number of unbranched alkanes of at least 4 members (excludes halogenated alkanes) is 2. The van der Waals surface area contributed by atoms with Gasteiger partial charge in [-0.25, -0.2) is 4.39 Å². The average Bonchev–Trinajstić information content (AvgIpc) is 2.79. The van der Waals surface area contributed by atoms with Crippen molar-refractivity contribution in [2.75, 3.05) is 6.54 Å². The largest absolute Gasteiger partial charge is 0.381 e. The molecule has 0 aromatic heterocycles. The summed E-state index contributed by atoms with van der Waals surface area (Å²) in [6, 6.07) is 2.84. The predicted octanol–water partition coefficient (Wildman–Crippen LogP) is 2.83. The topological polar surface area (TPSA) is 106 Å². The number of halogens is 1. The van der Waals surface area contributed by atoms with E-state index in [2.05, 4.69) is 27.8 Å². The molecule has 2 aliphatic rings. The van der Waals surface area contributed by atoms with Gasteiger partial charge in [0.15, 0.2) is 0 Å². The van der Waals surface area contributed by atoms with E-state index in [0.717, 1.165) is 24.8 Å². The highest BCUT2D eigenvalue weighted by atomic mass is 19.1. The van der Waals surface area contributed by atoms with E-state index in [4.69, 9.17) is 0 Å². The highest BCUT2D eigenvalue weighted by Crippen LogP contribution is 2.24. The minimum absolute atomic E-state index is 0.100. The number of benzene rings is 1. The zero-order valence-electron chi connectivity index (χ0n) is 19.8. The van der Waals surface area contributed by atoms with Crippen LogP contribution in [0.5, 0.6) is 0 Å². The number of carbonyl (C=O) groups is 2. The first-order valence-corrected chi connectivity index (χ1v) is 11.5. The Morgan fingerprint density at radius 3 is 2.85 bits per heavy atom. The van der Waals surface area contributed by atoms with Gasteiger partial charge >= 0.3 is 0 Å². The third-order valence-electron chi connectivity index (χ3n) is 5.58. The van der Waals surface area contributed by atoms with E-state index in [1.54, 1.807) is 30.7 Å². The molecule has 182 valence electrons. The highest BCUT2D eigenvalue weighted by molar-refractivity contribution is 5.95. The smallest absolute Gasteiger partial charge is 0.256 e. The Hall–Kier alpha value is -3.33. The van der Waals surface area contributed by atoms with Crippen LogP contribution in [0.3, 0.4) is 0 Å². The van der Waals surface area contributed by atoms with Crippen LogP contribution in [-0.2, 0) is 17.8 Å². The fourth-order valence-electron chi connectivity index (χ4n) is 3.74. The average molecular weight is 470 g/mol. The van der Waals surface area contributed by atoms with Gasteiger partial charge in [0.1, 0.15) is 17.6 Å². The monoisotopic (exact) mass is 469 g/mol. The Balaban J connectivity index is 1.64. The van der Waals surface area contributed by atoms with Crippen molar-refractivity contribution in [2.45, 2.75) is 64.8 Å². The summed E-state index contributed by atoms with van der Waals surface area (Å²) >= 11 is 0. The van der Waals surface area contributed by atoms with Gasteiger partial charge in [-0.05, 0) is 68.5 Å². The van der Waals surface area contributed by atoms with Crippen LogP contribution < -0.4 is 10.6 Å². The maximum absolute atomic E-state index is 14.7. The molecule has 0 saturated carbocycles. The molecule has 0 saturated heterocycles. The SMILES string of the molecule is CCCC/C=N/N=C/C1=CC=CC(NC(=O)c2cc3c(cc2F)CCN(C(=O)C(C)(C)O)C3)N1. The van der Waals surface area contributed by atoms with Crippen LogP contribution in [0.15, 0.2) is 46.3 Å². The van der Waals surface area contributed by atoms with Crippen molar-refractivity contribution in [3.8, 4) is 0 Å². The van der Waals surface area contributed by atoms with Gasteiger partial charge in [0.2, 0.25) is 0 Å². The molecule has 2 aliphatic heterocycles. The molecule has 8 nitrogen and oxygen atoms in total. The number of rotatable bonds is 8. The van der Waals surface area contributed by atoms with Gasteiger partial charge in [-0.2, -0.15) is 10.2 Å². The minimum Gasteiger partial charge on any atom is -0.381 e. The van der Waals surface area contributed by atoms with Gasteiger partial charge in [-0.3, -0.25) is 9.59 Å². The van der Waals surface area contributed by atoms with Crippen molar-refractivity contribution in [2.24, 2.45) is 10.2 Å². The van der Waals surface area contributed by atoms with E-state index in [1.165, 1.54) is 30.9 Å². The Kier molecular flexibility index (Phi) is 8.33. The number of dihydropyridines is 1. The normalized spacial score (nSPS) is 18.1. The van der Waals surface area contributed by atoms with Crippen molar-refractivity contribution in [3.63, 3.8) is 0 Å². The maximum Gasteiger partial charge on any atom is 0.256 e. The Labute approximate surface area is 199 Å². The fourth-order valence-corrected chi connectivity index (χ4v) is 3.74. The number of carbonyl (C=O) groups excluding carboxylic acids is 2. The summed E-state index contributed by atoms with van der Waals surface area (Å²) in [4.78, 5) is 26.8. The molecule has 0 aliphatic carbocycles. The second-order valence-electron chi connectivity index (χ2n) is 8.92. The Morgan fingerprint density at radius 1 is 1.32 bits per heavy atom. The first-order valence-electron chi connectivity index (χ1n) is 11.5. The molecule has 2 amide bonds. The molecule has 3 N–H and O–H groups in total. The number of aliphatic hydroxyl groups is 1. The number of hydrogen-bond donors (Lipinski definition) is 3. The Morgan fingerprint density at radius 2 is 2.12 bits per heavy atom. The molecular formula is C25H32FN5O3. The first-order chi connectivity index (χ1) is 16.2. The van der Waals surface area contributed by atoms with Crippen molar-refractivity contribution >= 4 is 24.2 Å². The zero-order chi connectivity index (χ0) is 24.7. The molecule has 2 heterocycles. The molecule has 1 atom stereocenters. The number of hydrogen-bond acceptors (Lipinski definition) is 6. The molecule has 1 aromatic rings. The number of fused-ring (bicyclic) bond motifs is 1. The van der Waals surface area contributed by atoms with Crippen LogP contribution >= 0.6 is 0 Å². The van der Waals surface area contributed by atoms with Crippen LogP contribution in [0.4, 0.5) is 4.39 Å². The molecule has 0 spiro atoms. The quantitative estimate of drug-likeness (QED) is 0.309. The molecular weight excluding hydrogens is 437 g/mol. The summed E-state index contributed by atoms with van der Waals surface area (Å²) in [7, 11) is 0. The van der Waals surface area contributed by atoms with Crippen molar-refractivity contribution in [3.05, 3.63) is 58.6 Å². The van der Waals surface area contributed by atoms with E-state index in [-0.39, 0.29) is 12.1 Å². The summed E-state index contributed by atoms with van der Waals surface area (Å²) in [6.07, 6.45) is 11.5. The summed E-state index contributed by atoms with van der Waals surface area (Å²) in [6.45, 7) is 5.58. The number of amides is 2. The lowest BCUT2D eigenvalue weighted by atomic mass is 9.95. The molecule has 3 rings (SSSR count). The van der Waals surface area contributed by atoms with E-state index in [9.17, 15) is 19.1 Å². The van der Waals surface area contributed by atoms with Gasteiger partial charge in [-0.1, -0.05) is 19.4 Å². The lowest BCUT2D eigenvalue weighted by Gasteiger charge is -2.33. The summed E-state index contributed by atoms with van der Waals surface area (Å²) < 4.78 is 14.7. The molecule has 9 heteroatoms. The van der Waals surface area contributed by atoms with E-state index in [0.29, 0.717) is 24.2 Å². The molecule has 1 aromatic carbocycles. The van der Waals surface area contributed by atoms with Gasteiger partial charge < -0.3 is 20.6 Å². The fraction of sp³-hybridized carbons (Fsp3) is 0.440. The van der Waals surface area contributed by atoms with Crippen molar-refractivity contribution in [1.82, 2.24) is 15.5 Å². The number of nitrogens with zero attached hydrogens (tertiary/aromatic N) is 3. The van der Waals surface area contributed by atoms with Crippen LogP contribution in [0.1, 0.15) is 61.5 Å². The standard InChI is InChI=1S/C25H32FN5O3/c1-4-5-6-11-27-28-15-19-8-7-9-22(29-19)30-23(32)20-13-18-16-31(24(33)25(2,3)34)12-10-17(18)14-21(20)26/h7-9,11,13-15,22,29,34H,4-6,10,12,16H2,1-3H3,(H,30,32)/b27-11+,28-15+. The van der Waals surface area contributed by atoms with Gasteiger partial charge in [-0.15, -0.1) is 0 Å². The first kappa shape index (κ1) is 25.3.